The molecule has 0 spiro atoms. The third-order valence-corrected chi connectivity index (χ3v) is 6.30. The van der Waals surface area contributed by atoms with Crippen LogP contribution in [0.5, 0.6) is 5.75 Å². The van der Waals surface area contributed by atoms with Gasteiger partial charge in [0.05, 0.1) is 29.5 Å². The smallest absolute Gasteiger partial charge is 0.335 e. The molecule has 0 radical (unpaired) electrons. The van der Waals surface area contributed by atoms with Crippen molar-refractivity contribution in [3.63, 3.8) is 0 Å². The monoisotopic (exact) mass is 469 g/mol. The molecule has 8 nitrogen and oxygen atoms in total. The van der Waals surface area contributed by atoms with Crippen LogP contribution in [0.15, 0.2) is 42.5 Å². The lowest BCUT2D eigenvalue weighted by molar-refractivity contribution is 0.0343. The van der Waals surface area contributed by atoms with E-state index in [9.17, 15) is 14.7 Å². The summed E-state index contributed by atoms with van der Waals surface area (Å²) in [5, 5.41) is 18.9. The van der Waals surface area contributed by atoms with Gasteiger partial charge in [-0.25, -0.2) is 4.79 Å². The van der Waals surface area contributed by atoms with Gasteiger partial charge in [0.2, 0.25) is 0 Å². The first kappa shape index (κ1) is 25.5. The van der Waals surface area contributed by atoms with Gasteiger partial charge in [0.25, 0.3) is 5.91 Å². The number of likely N-dealkylation sites (N-methyl/N-ethyl adjacent to an activating group) is 1. The topological polar surface area (TPSA) is 93.6 Å². The van der Waals surface area contributed by atoms with Crippen LogP contribution in [0, 0.1) is 5.92 Å². The minimum atomic E-state index is -0.941. The molecule has 8 heteroatoms. The first-order valence-electron chi connectivity index (χ1n) is 11.5. The van der Waals surface area contributed by atoms with Gasteiger partial charge in [0.15, 0.2) is 5.75 Å². The lowest BCUT2D eigenvalue weighted by Gasteiger charge is -2.39. The molecule has 34 heavy (non-hydrogen) atoms. The quantitative estimate of drug-likeness (QED) is 0.614. The van der Waals surface area contributed by atoms with Gasteiger partial charge < -0.3 is 24.7 Å². The second kappa shape index (κ2) is 10.9. The first-order chi connectivity index (χ1) is 16.1. The van der Waals surface area contributed by atoms with Crippen LogP contribution in [0.3, 0.4) is 0 Å². The Morgan fingerprint density at radius 1 is 1.18 bits per heavy atom. The van der Waals surface area contributed by atoms with Gasteiger partial charge in [-0.3, -0.25) is 9.69 Å². The molecule has 1 amide bonds. The molecule has 0 bridgehead atoms. The van der Waals surface area contributed by atoms with E-state index in [2.05, 4.69) is 11.8 Å². The number of amides is 1. The number of anilines is 1. The summed E-state index contributed by atoms with van der Waals surface area (Å²) < 4.78 is 6.56. The molecule has 3 atom stereocenters. The van der Waals surface area contributed by atoms with Gasteiger partial charge in [-0.15, -0.1) is 0 Å². The molecule has 2 aromatic carbocycles. The fourth-order valence-electron chi connectivity index (χ4n) is 4.23. The summed E-state index contributed by atoms with van der Waals surface area (Å²) in [6.45, 7) is 5.51. The maximum absolute atomic E-state index is 13.4. The van der Waals surface area contributed by atoms with Gasteiger partial charge in [0.1, 0.15) is 6.10 Å². The van der Waals surface area contributed by atoms with Crippen molar-refractivity contribution in [2.75, 3.05) is 45.7 Å². The van der Waals surface area contributed by atoms with Crippen molar-refractivity contribution in [3.8, 4) is 5.75 Å². The zero-order valence-electron chi connectivity index (χ0n) is 20.6. The number of benzene rings is 2. The van der Waals surface area contributed by atoms with Crippen molar-refractivity contribution >= 4 is 17.6 Å². The number of carbonyl (C=O) groups is 2. The number of aliphatic hydroxyl groups excluding tert-OH is 1. The Kier molecular flexibility index (Phi) is 8.17. The molecule has 1 aliphatic heterocycles. The third-order valence-electron chi connectivity index (χ3n) is 6.30. The van der Waals surface area contributed by atoms with Crippen molar-refractivity contribution in [2.24, 2.45) is 5.92 Å². The lowest BCUT2D eigenvalue weighted by atomic mass is 9.98. The summed E-state index contributed by atoms with van der Waals surface area (Å²) in [5.74, 6) is -0.512. The summed E-state index contributed by atoms with van der Waals surface area (Å²) in [5.41, 5.74) is 2.59. The molecule has 0 aliphatic carbocycles. The number of aromatic carboxylic acids is 1. The van der Waals surface area contributed by atoms with Gasteiger partial charge in [0, 0.05) is 39.6 Å². The van der Waals surface area contributed by atoms with Crippen molar-refractivity contribution < 1.29 is 24.5 Å². The Morgan fingerprint density at radius 3 is 2.44 bits per heavy atom. The van der Waals surface area contributed by atoms with Crippen molar-refractivity contribution in [2.45, 2.75) is 32.5 Å². The molecule has 0 saturated carbocycles. The number of ether oxygens (including phenoxy) is 1. The van der Waals surface area contributed by atoms with E-state index in [0.29, 0.717) is 30.9 Å². The fourth-order valence-corrected chi connectivity index (χ4v) is 4.23. The van der Waals surface area contributed by atoms with Crippen LogP contribution in [0.4, 0.5) is 5.69 Å². The second-order valence-electron chi connectivity index (χ2n) is 9.37. The summed E-state index contributed by atoms with van der Waals surface area (Å²) >= 11 is 0. The van der Waals surface area contributed by atoms with E-state index in [0.717, 1.165) is 11.3 Å². The van der Waals surface area contributed by atoms with E-state index in [-0.39, 0.29) is 36.1 Å². The minimum absolute atomic E-state index is 0.0122. The summed E-state index contributed by atoms with van der Waals surface area (Å²) in [4.78, 5) is 30.3. The number of aliphatic hydroxyl groups is 1. The number of rotatable bonds is 8. The van der Waals surface area contributed by atoms with E-state index < -0.39 is 5.97 Å². The third kappa shape index (κ3) is 5.69. The van der Waals surface area contributed by atoms with Crippen LogP contribution in [0.25, 0.3) is 0 Å². The van der Waals surface area contributed by atoms with Crippen LogP contribution in [0.1, 0.15) is 40.1 Å². The zero-order valence-corrected chi connectivity index (χ0v) is 20.6. The largest absolute Gasteiger partial charge is 0.486 e. The number of hydrogen-bond acceptors (Lipinski definition) is 6. The molecule has 0 aromatic heterocycles. The van der Waals surface area contributed by atoms with Crippen LogP contribution in [-0.2, 0) is 6.54 Å². The standard InChI is InChI=1S/C26H35N3O5/c1-17-13-29(18(2)16-30)25(31)21-7-6-8-22(27(3)4)24(21)34-23(17)15-28(5)14-19-9-11-20(12-10-19)26(32)33/h6-12,17-18,23,30H,13-16H2,1-5H3,(H,32,33)/t17-,18-,23-/m0/s1. The Labute approximate surface area is 201 Å². The van der Waals surface area contributed by atoms with Crippen molar-refractivity contribution in [1.82, 2.24) is 9.80 Å². The molecule has 1 heterocycles. The van der Waals surface area contributed by atoms with Crippen molar-refractivity contribution in [1.29, 1.82) is 0 Å². The van der Waals surface area contributed by atoms with E-state index in [1.165, 1.54) is 0 Å². The lowest BCUT2D eigenvalue weighted by Crippen LogP contribution is -2.49. The number of carboxylic acid groups (broad SMARTS) is 1. The summed E-state index contributed by atoms with van der Waals surface area (Å²) in [7, 11) is 5.83. The Morgan fingerprint density at radius 2 is 1.85 bits per heavy atom. The van der Waals surface area contributed by atoms with Gasteiger partial charge in [-0.2, -0.15) is 0 Å². The van der Waals surface area contributed by atoms with E-state index in [1.54, 1.807) is 23.1 Å². The molecule has 184 valence electrons. The van der Waals surface area contributed by atoms with Crippen LogP contribution in [-0.4, -0.2) is 84.9 Å². The minimum Gasteiger partial charge on any atom is -0.486 e. The highest BCUT2D eigenvalue weighted by Crippen LogP contribution is 2.36. The number of hydrogen-bond donors (Lipinski definition) is 2. The maximum Gasteiger partial charge on any atom is 0.335 e. The van der Waals surface area contributed by atoms with E-state index in [1.807, 2.05) is 57.2 Å². The summed E-state index contributed by atoms with van der Waals surface area (Å²) in [6.07, 6.45) is -0.204. The molecule has 2 aromatic rings. The maximum atomic E-state index is 13.4. The number of carbonyl (C=O) groups excluding carboxylic acids is 1. The predicted octanol–water partition coefficient (Wildman–Crippen LogP) is 2.80. The Bertz CT molecular complexity index is 1010. The van der Waals surface area contributed by atoms with Gasteiger partial charge >= 0.3 is 5.97 Å². The molecule has 1 aliphatic rings. The number of para-hydroxylation sites is 1. The fraction of sp³-hybridized carbons (Fsp3) is 0.462. The van der Waals surface area contributed by atoms with Crippen LogP contribution >= 0.6 is 0 Å². The van der Waals surface area contributed by atoms with Crippen molar-refractivity contribution in [3.05, 3.63) is 59.2 Å². The average molecular weight is 470 g/mol. The normalized spacial score (nSPS) is 19.1. The highest BCUT2D eigenvalue weighted by atomic mass is 16.5. The van der Waals surface area contributed by atoms with E-state index in [4.69, 9.17) is 9.84 Å². The Hall–Kier alpha value is -3.10. The van der Waals surface area contributed by atoms with Crippen LogP contribution in [0.2, 0.25) is 0 Å². The molecule has 0 saturated heterocycles. The predicted molar refractivity (Wildman–Crippen MR) is 132 cm³/mol. The number of fused-ring (bicyclic) bond motifs is 1. The SMILES string of the molecule is C[C@H]1CN([C@@H](C)CO)C(=O)c2cccc(N(C)C)c2O[C@H]1CN(C)Cc1ccc(C(=O)O)cc1. The van der Waals surface area contributed by atoms with E-state index >= 15 is 0 Å². The second-order valence-corrected chi connectivity index (χ2v) is 9.37. The van der Waals surface area contributed by atoms with Gasteiger partial charge in [-0.05, 0) is 43.8 Å². The highest BCUT2D eigenvalue weighted by molar-refractivity contribution is 5.99. The number of carboxylic acids is 1. The molecular weight excluding hydrogens is 434 g/mol. The molecule has 0 unspecified atom stereocenters. The molecule has 2 N–H and O–H groups in total. The summed E-state index contributed by atoms with van der Waals surface area (Å²) in [6, 6.07) is 12.1. The highest BCUT2D eigenvalue weighted by Gasteiger charge is 2.34. The molecular formula is C26H35N3O5. The van der Waals surface area contributed by atoms with Gasteiger partial charge in [-0.1, -0.05) is 25.1 Å². The first-order valence-corrected chi connectivity index (χ1v) is 11.5. The Balaban J connectivity index is 1.89. The molecule has 0 fully saturated rings. The average Bonchev–Trinajstić information content (AvgIpc) is 2.80. The van der Waals surface area contributed by atoms with Crippen LogP contribution < -0.4 is 9.64 Å². The number of nitrogens with zero attached hydrogens (tertiary/aromatic N) is 3. The zero-order chi connectivity index (χ0) is 25.0. The molecule has 3 rings (SSSR count).